The second-order valence-electron chi connectivity index (χ2n) is 4.64. The number of carbonyl (C=O) groups excluding carboxylic acids is 1. The van der Waals surface area contributed by atoms with Crippen LogP contribution in [0.2, 0.25) is 0 Å². The molecule has 0 bridgehead atoms. The molecule has 1 saturated heterocycles. The zero-order valence-electron chi connectivity index (χ0n) is 11.2. The van der Waals surface area contributed by atoms with Gasteiger partial charge < -0.3 is 19.5 Å². The molecule has 1 atom stereocenters. The summed E-state index contributed by atoms with van der Waals surface area (Å²) < 4.78 is 10.5. The van der Waals surface area contributed by atoms with E-state index in [1.165, 1.54) is 4.90 Å². The number of aryl methyl sites for hydroxylation is 1. The normalized spacial score (nSPS) is 18.6. The largest absolute Gasteiger partial charge is 0.484 e. The van der Waals surface area contributed by atoms with Crippen LogP contribution in [0.25, 0.3) is 0 Å². The molecule has 6 nitrogen and oxygen atoms in total. The van der Waals surface area contributed by atoms with Gasteiger partial charge in [0, 0.05) is 6.54 Å². The van der Waals surface area contributed by atoms with Crippen molar-refractivity contribution in [1.29, 1.82) is 0 Å². The number of amides is 1. The highest BCUT2D eigenvalue weighted by molar-refractivity contribution is 5.79. The van der Waals surface area contributed by atoms with Gasteiger partial charge in [-0.25, -0.2) is 4.79 Å². The molecule has 1 aliphatic rings. The van der Waals surface area contributed by atoms with Crippen molar-refractivity contribution < 1.29 is 24.2 Å². The summed E-state index contributed by atoms with van der Waals surface area (Å²) >= 11 is 0. The maximum atomic E-state index is 12.0. The van der Waals surface area contributed by atoms with Crippen molar-refractivity contribution in [1.82, 2.24) is 4.90 Å². The van der Waals surface area contributed by atoms with E-state index in [0.29, 0.717) is 12.3 Å². The number of benzene rings is 1. The van der Waals surface area contributed by atoms with Gasteiger partial charge in [0.1, 0.15) is 5.75 Å². The minimum absolute atomic E-state index is 0.0609. The smallest absolute Gasteiger partial charge is 0.334 e. The molecular weight excluding hydrogens is 262 g/mol. The van der Waals surface area contributed by atoms with Crippen LogP contribution >= 0.6 is 0 Å². The van der Waals surface area contributed by atoms with Crippen molar-refractivity contribution in [3.63, 3.8) is 0 Å². The van der Waals surface area contributed by atoms with Crippen LogP contribution in [-0.4, -0.2) is 54.3 Å². The lowest BCUT2D eigenvalue weighted by atomic mass is 10.2. The average molecular weight is 279 g/mol. The molecule has 1 heterocycles. The number of rotatable bonds is 4. The van der Waals surface area contributed by atoms with E-state index in [-0.39, 0.29) is 25.7 Å². The summed E-state index contributed by atoms with van der Waals surface area (Å²) in [6.45, 7) is 2.54. The first-order chi connectivity index (χ1) is 9.56. The molecule has 0 saturated carbocycles. The van der Waals surface area contributed by atoms with Crippen molar-refractivity contribution in [2.45, 2.75) is 13.0 Å². The van der Waals surface area contributed by atoms with E-state index in [0.717, 1.165) is 5.56 Å². The van der Waals surface area contributed by atoms with Crippen molar-refractivity contribution >= 4 is 11.9 Å². The van der Waals surface area contributed by atoms with Gasteiger partial charge in [-0.2, -0.15) is 0 Å². The molecule has 2 rings (SSSR count). The van der Waals surface area contributed by atoms with Crippen LogP contribution in [-0.2, 0) is 14.3 Å². The summed E-state index contributed by atoms with van der Waals surface area (Å²) in [5.74, 6) is -0.672. The van der Waals surface area contributed by atoms with Crippen molar-refractivity contribution in [3.05, 3.63) is 29.8 Å². The minimum Gasteiger partial charge on any atom is -0.484 e. The number of carboxylic acids is 1. The Morgan fingerprint density at radius 1 is 1.40 bits per heavy atom. The van der Waals surface area contributed by atoms with Gasteiger partial charge in [-0.3, -0.25) is 4.79 Å². The molecule has 0 spiro atoms. The lowest BCUT2D eigenvalue weighted by Gasteiger charge is -2.30. The molecular formula is C14H17NO5. The summed E-state index contributed by atoms with van der Waals surface area (Å²) in [5.41, 5.74) is 1.11. The minimum atomic E-state index is -1.05. The first kappa shape index (κ1) is 14.3. The van der Waals surface area contributed by atoms with Crippen LogP contribution in [0.3, 0.4) is 0 Å². The molecule has 1 N–H and O–H groups in total. The highest BCUT2D eigenvalue weighted by Gasteiger charge is 2.28. The number of carboxylic acid groups (broad SMARTS) is 1. The molecule has 108 valence electrons. The van der Waals surface area contributed by atoms with Gasteiger partial charge in [-0.1, -0.05) is 17.7 Å². The Balaban J connectivity index is 1.85. The molecule has 0 radical (unpaired) electrons. The molecule has 1 aromatic carbocycles. The number of aliphatic carboxylic acids is 1. The third kappa shape index (κ3) is 3.71. The van der Waals surface area contributed by atoms with Crippen LogP contribution < -0.4 is 4.74 Å². The Labute approximate surface area is 116 Å². The van der Waals surface area contributed by atoms with E-state index in [4.69, 9.17) is 14.6 Å². The van der Waals surface area contributed by atoms with E-state index in [1.54, 1.807) is 12.1 Å². The van der Waals surface area contributed by atoms with Crippen LogP contribution in [0.5, 0.6) is 5.75 Å². The molecule has 0 aromatic heterocycles. The molecule has 0 unspecified atom stereocenters. The molecule has 1 aliphatic heterocycles. The van der Waals surface area contributed by atoms with Gasteiger partial charge in [0.15, 0.2) is 12.7 Å². The zero-order chi connectivity index (χ0) is 14.5. The summed E-state index contributed by atoms with van der Waals surface area (Å²) in [5, 5.41) is 8.88. The Kier molecular flexibility index (Phi) is 4.57. The van der Waals surface area contributed by atoms with Gasteiger partial charge in [0.05, 0.1) is 13.2 Å². The number of nitrogens with zero attached hydrogens (tertiary/aromatic N) is 1. The van der Waals surface area contributed by atoms with Crippen LogP contribution in [0.15, 0.2) is 24.3 Å². The van der Waals surface area contributed by atoms with Crippen LogP contribution in [0.4, 0.5) is 0 Å². The monoisotopic (exact) mass is 279 g/mol. The van der Waals surface area contributed by atoms with E-state index < -0.39 is 12.1 Å². The predicted molar refractivity (Wildman–Crippen MR) is 70.6 cm³/mol. The lowest BCUT2D eigenvalue weighted by Crippen LogP contribution is -2.49. The van der Waals surface area contributed by atoms with Crippen molar-refractivity contribution in [2.24, 2.45) is 0 Å². The fourth-order valence-electron chi connectivity index (χ4n) is 1.90. The van der Waals surface area contributed by atoms with Gasteiger partial charge in [-0.05, 0) is 19.1 Å². The first-order valence-electron chi connectivity index (χ1n) is 6.38. The molecule has 1 aromatic rings. The summed E-state index contributed by atoms with van der Waals surface area (Å²) in [7, 11) is 0. The highest BCUT2D eigenvalue weighted by atomic mass is 16.5. The second kappa shape index (κ2) is 6.38. The maximum absolute atomic E-state index is 12.0. The Hall–Kier alpha value is -2.08. The lowest BCUT2D eigenvalue weighted by molar-refractivity contribution is -0.159. The summed E-state index contributed by atoms with van der Waals surface area (Å²) in [6.07, 6.45) is -0.952. The second-order valence-corrected chi connectivity index (χ2v) is 4.64. The molecule has 1 fully saturated rings. The summed E-state index contributed by atoms with van der Waals surface area (Å²) in [6, 6.07) is 7.38. The van der Waals surface area contributed by atoms with E-state index in [2.05, 4.69) is 0 Å². The van der Waals surface area contributed by atoms with Crippen LogP contribution in [0, 0.1) is 6.92 Å². The van der Waals surface area contributed by atoms with Crippen LogP contribution in [0.1, 0.15) is 5.56 Å². The quantitative estimate of drug-likeness (QED) is 0.877. The first-order valence-corrected chi connectivity index (χ1v) is 6.38. The number of hydrogen-bond acceptors (Lipinski definition) is 4. The van der Waals surface area contributed by atoms with Crippen molar-refractivity contribution in [3.8, 4) is 5.75 Å². The van der Waals surface area contributed by atoms with E-state index in [9.17, 15) is 9.59 Å². The SMILES string of the molecule is Cc1ccc(OCC(=O)N2CCO[C@@H](C(=O)O)C2)cc1. The van der Waals surface area contributed by atoms with E-state index in [1.807, 2.05) is 19.1 Å². The van der Waals surface area contributed by atoms with Gasteiger partial charge in [0.25, 0.3) is 5.91 Å². The molecule has 6 heteroatoms. The van der Waals surface area contributed by atoms with Gasteiger partial charge in [-0.15, -0.1) is 0 Å². The Morgan fingerprint density at radius 2 is 2.10 bits per heavy atom. The Bertz CT molecular complexity index is 485. The third-order valence-electron chi connectivity index (χ3n) is 3.08. The van der Waals surface area contributed by atoms with E-state index >= 15 is 0 Å². The van der Waals surface area contributed by atoms with Gasteiger partial charge >= 0.3 is 5.97 Å². The maximum Gasteiger partial charge on any atom is 0.334 e. The number of morpholine rings is 1. The van der Waals surface area contributed by atoms with Crippen molar-refractivity contribution in [2.75, 3.05) is 26.3 Å². The molecule has 1 amide bonds. The average Bonchev–Trinajstić information content (AvgIpc) is 2.46. The predicted octanol–water partition coefficient (Wildman–Crippen LogP) is 0.686. The number of ether oxygens (including phenoxy) is 2. The highest BCUT2D eigenvalue weighted by Crippen LogP contribution is 2.12. The van der Waals surface area contributed by atoms with Gasteiger partial charge in [0.2, 0.25) is 0 Å². The summed E-state index contributed by atoms with van der Waals surface area (Å²) in [4.78, 5) is 24.3. The topological polar surface area (TPSA) is 76.1 Å². The fourth-order valence-corrected chi connectivity index (χ4v) is 1.90. The molecule has 0 aliphatic carbocycles. The number of carbonyl (C=O) groups is 2. The fraction of sp³-hybridized carbons (Fsp3) is 0.429. The third-order valence-corrected chi connectivity index (χ3v) is 3.08. The number of hydrogen-bond donors (Lipinski definition) is 1. The molecule has 20 heavy (non-hydrogen) atoms. The standard InChI is InChI=1S/C14H17NO5/c1-10-2-4-11(5-3-10)20-9-13(16)15-6-7-19-12(8-15)14(17)18/h2-5,12H,6-9H2,1H3,(H,17,18)/t12-/m1/s1. The Morgan fingerprint density at radius 3 is 2.75 bits per heavy atom. The zero-order valence-corrected chi connectivity index (χ0v) is 11.2.